The van der Waals surface area contributed by atoms with Gasteiger partial charge in [0.15, 0.2) is 6.04 Å². The van der Waals surface area contributed by atoms with Crippen LogP contribution in [0.3, 0.4) is 0 Å². The van der Waals surface area contributed by atoms with Gasteiger partial charge in [-0.1, -0.05) is 18.2 Å². The van der Waals surface area contributed by atoms with Crippen LogP contribution in [0.25, 0.3) is 0 Å². The molecule has 7 nitrogen and oxygen atoms in total. The Morgan fingerprint density at radius 2 is 2.00 bits per heavy atom. The molecule has 1 saturated heterocycles. The highest BCUT2D eigenvalue weighted by Crippen LogP contribution is 2.21. The second-order valence-electron chi connectivity index (χ2n) is 3.84. The van der Waals surface area contributed by atoms with Crippen molar-refractivity contribution in [3.63, 3.8) is 0 Å². The van der Waals surface area contributed by atoms with E-state index in [1.807, 2.05) is 0 Å². The van der Waals surface area contributed by atoms with Crippen LogP contribution < -0.4 is 5.32 Å². The van der Waals surface area contributed by atoms with E-state index < -0.39 is 28.1 Å². The van der Waals surface area contributed by atoms with Gasteiger partial charge in [0, 0.05) is 0 Å². The van der Waals surface area contributed by atoms with Crippen molar-refractivity contribution < 1.29 is 22.7 Å². The standard InChI is InChI=1S/C11H12N2O5S/c1-18-10(14)9-7-12-11(15)13(9)19(16,17)8-5-3-2-4-6-8/h2-6,9H,7H2,1H3,(H,12,15). The molecule has 8 heteroatoms. The molecule has 1 N–H and O–H groups in total. The molecule has 19 heavy (non-hydrogen) atoms. The fourth-order valence-corrected chi connectivity index (χ4v) is 3.29. The third kappa shape index (κ3) is 2.26. The Kier molecular flexibility index (Phi) is 3.43. The van der Waals surface area contributed by atoms with Crippen LogP contribution in [0.1, 0.15) is 0 Å². The van der Waals surface area contributed by atoms with Crippen molar-refractivity contribution >= 4 is 22.0 Å². The molecular formula is C11H12N2O5S. The Morgan fingerprint density at radius 3 is 2.58 bits per heavy atom. The van der Waals surface area contributed by atoms with E-state index in [0.717, 1.165) is 7.11 Å². The molecule has 0 spiro atoms. The van der Waals surface area contributed by atoms with Crippen molar-refractivity contribution in [3.8, 4) is 0 Å². The Hall–Kier alpha value is -2.09. The number of methoxy groups -OCH3 is 1. The highest BCUT2D eigenvalue weighted by molar-refractivity contribution is 7.89. The summed E-state index contributed by atoms with van der Waals surface area (Å²) >= 11 is 0. The quantitative estimate of drug-likeness (QED) is 0.785. The van der Waals surface area contributed by atoms with Crippen LogP contribution in [0.15, 0.2) is 35.2 Å². The van der Waals surface area contributed by atoms with Crippen LogP contribution in [-0.2, 0) is 19.6 Å². The lowest BCUT2D eigenvalue weighted by Crippen LogP contribution is -2.44. The maximum atomic E-state index is 12.3. The smallest absolute Gasteiger partial charge is 0.332 e. The van der Waals surface area contributed by atoms with E-state index in [4.69, 9.17) is 0 Å². The van der Waals surface area contributed by atoms with Crippen molar-refractivity contribution in [2.75, 3.05) is 13.7 Å². The first-order chi connectivity index (χ1) is 8.98. The summed E-state index contributed by atoms with van der Waals surface area (Å²) in [5.41, 5.74) is 0. The number of hydrogen-bond acceptors (Lipinski definition) is 5. The number of rotatable bonds is 3. The van der Waals surface area contributed by atoms with E-state index in [0.29, 0.717) is 4.31 Å². The van der Waals surface area contributed by atoms with E-state index in [2.05, 4.69) is 10.1 Å². The van der Waals surface area contributed by atoms with Gasteiger partial charge in [-0.05, 0) is 12.1 Å². The monoisotopic (exact) mass is 284 g/mol. The molecule has 0 aliphatic carbocycles. The zero-order valence-corrected chi connectivity index (χ0v) is 10.9. The second-order valence-corrected chi connectivity index (χ2v) is 5.65. The molecule has 1 heterocycles. The molecule has 1 fully saturated rings. The molecule has 1 aliphatic rings. The average molecular weight is 284 g/mol. The summed E-state index contributed by atoms with van der Waals surface area (Å²) in [7, 11) is -2.93. The third-order valence-electron chi connectivity index (χ3n) is 2.70. The molecule has 1 unspecified atom stereocenters. The van der Waals surface area contributed by atoms with Gasteiger partial charge < -0.3 is 10.1 Å². The molecule has 0 aromatic heterocycles. The van der Waals surface area contributed by atoms with Crippen LogP contribution in [0.4, 0.5) is 4.79 Å². The van der Waals surface area contributed by atoms with Gasteiger partial charge in [-0.15, -0.1) is 0 Å². The zero-order chi connectivity index (χ0) is 14.0. The van der Waals surface area contributed by atoms with Crippen LogP contribution in [-0.4, -0.2) is 44.4 Å². The maximum absolute atomic E-state index is 12.3. The molecule has 0 radical (unpaired) electrons. The Bertz CT molecular complexity index is 599. The minimum absolute atomic E-state index is 0.0547. The summed E-state index contributed by atoms with van der Waals surface area (Å²) in [6.07, 6.45) is 0. The molecule has 1 aliphatic heterocycles. The summed E-state index contributed by atoms with van der Waals surface area (Å²) in [6.45, 7) is -0.0996. The third-order valence-corrected chi connectivity index (χ3v) is 4.51. The Labute approximate surface area is 110 Å². The molecule has 0 bridgehead atoms. The van der Waals surface area contributed by atoms with Crippen molar-refractivity contribution in [2.24, 2.45) is 0 Å². The van der Waals surface area contributed by atoms with Crippen molar-refractivity contribution in [2.45, 2.75) is 10.9 Å². The lowest BCUT2D eigenvalue weighted by atomic mass is 10.3. The summed E-state index contributed by atoms with van der Waals surface area (Å²) in [5, 5.41) is 2.32. The average Bonchev–Trinajstić information content (AvgIpc) is 2.81. The maximum Gasteiger partial charge on any atom is 0.332 e. The summed E-state index contributed by atoms with van der Waals surface area (Å²) < 4.78 is 29.7. The van der Waals surface area contributed by atoms with Crippen molar-refractivity contribution in [3.05, 3.63) is 30.3 Å². The number of nitrogens with one attached hydrogen (secondary N) is 1. The predicted octanol–water partition coefficient (Wildman–Crippen LogP) is -0.0579. The first-order valence-electron chi connectivity index (χ1n) is 5.43. The molecule has 102 valence electrons. The van der Waals surface area contributed by atoms with Crippen molar-refractivity contribution in [1.29, 1.82) is 0 Å². The van der Waals surface area contributed by atoms with Crippen LogP contribution in [0.2, 0.25) is 0 Å². The largest absolute Gasteiger partial charge is 0.467 e. The second kappa shape index (κ2) is 4.88. The lowest BCUT2D eigenvalue weighted by Gasteiger charge is -2.20. The number of esters is 1. The number of hydrogen-bond donors (Lipinski definition) is 1. The van der Waals surface area contributed by atoms with Crippen LogP contribution >= 0.6 is 0 Å². The summed E-state index contributed by atoms with van der Waals surface area (Å²) in [4.78, 5) is 23.1. The summed E-state index contributed by atoms with van der Waals surface area (Å²) in [6, 6.07) is 5.43. The number of urea groups is 1. The molecule has 2 rings (SSSR count). The number of sulfonamides is 1. The van der Waals surface area contributed by atoms with E-state index in [1.54, 1.807) is 6.07 Å². The van der Waals surface area contributed by atoms with Gasteiger partial charge in [0.1, 0.15) is 0 Å². The van der Waals surface area contributed by atoms with E-state index in [-0.39, 0.29) is 11.4 Å². The first-order valence-corrected chi connectivity index (χ1v) is 6.87. The van der Waals surface area contributed by atoms with Crippen molar-refractivity contribution in [1.82, 2.24) is 9.62 Å². The van der Waals surface area contributed by atoms with Crippen LogP contribution in [0.5, 0.6) is 0 Å². The number of carbonyl (C=O) groups excluding carboxylic acids is 2. The van der Waals surface area contributed by atoms with Gasteiger partial charge in [-0.2, -0.15) is 0 Å². The summed E-state index contributed by atoms with van der Waals surface area (Å²) in [5.74, 6) is -0.780. The number of ether oxygens (including phenoxy) is 1. The Morgan fingerprint density at radius 1 is 1.37 bits per heavy atom. The SMILES string of the molecule is COC(=O)C1CNC(=O)N1S(=O)(=O)c1ccccc1. The van der Waals surface area contributed by atoms with Gasteiger partial charge in [0.05, 0.1) is 18.6 Å². The minimum Gasteiger partial charge on any atom is -0.467 e. The number of amides is 2. The highest BCUT2D eigenvalue weighted by atomic mass is 32.2. The van der Waals surface area contributed by atoms with E-state index in [9.17, 15) is 18.0 Å². The molecule has 2 amide bonds. The number of carbonyl (C=O) groups is 2. The molecule has 0 saturated carbocycles. The predicted molar refractivity (Wildman–Crippen MR) is 64.7 cm³/mol. The van der Waals surface area contributed by atoms with Gasteiger partial charge in [0.2, 0.25) is 0 Å². The zero-order valence-electron chi connectivity index (χ0n) is 10.1. The van der Waals surface area contributed by atoms with Gasteiger partial charge in [-0.25, -0.2) is 22.3 Å². The van der Waals surface area contributed by atoms with Gasteiger partial charge in [-0.3, -0.25) is 0 Å². The van der Waals surface area contributed by atoms with Crippen LogP contribution in [0, 0.1) is 0 Å². The van der Waals surface area contributed by atoms with Gasteiger partial charge >= 0.3 is 12.0 Å². The normalized spacial score (nSPS) is 19.1. The molecule has 1 aromatic rings. The number of benzene rings is 1. The lowest BCUT2D eigenvalue weighted by molar-refractivity contribution is -0.143. The first kappa shape index (κ1) is 13.3. The molecular weight excluding hydrogens is 272 g/mol. The minimum atomic E-state index is -4.07. The topological polar surface area (TPSA) is 92.8 Å². The highest BCUT2D eigenvalue weighted by Gasteiger charge is 2.45. The van der Waals surface area contributed by atoms with E-state index >= 15 is 0 Å². The number of nitrogens with zero attached hydrogens (tertiary/aromatic N) is 1. The Balaban J connectivity index is 2.43. The fourth-order valence-electron chi connectivity index (χ4n) is 1.78. The van der Waals surface area contributed by atoms with E-state index in [1.165, 1.54) is 24.3 Å². The van der Waals surface area contributed by atoms with Gasteiger partial charge in [0.25, 0.3) is 10.0 Å². The molecule has 1 atom stereocenters. The molecule has 1 aromatic carbocycles. The fraction of sp³-hybridized carbons (Fsp3) is 0.273.